The third-order valence-electron chi connectivity index (χ3n) is 7.60. The van der Waals surface area contributed by atoms with Gasteiger partial charge in [0.05, 0.1) is 0 Å². The summed E-state index contributed by atoms with van der Waals surface area (Å²) in [4.78, 5) is 0. The number of thiophene rings is 1. The van der Waals surface area contributed by atoms with Crippen molar-refractivity contribution >= 4 is 63.8 Å². The topological polar surface area (TPSA) is 0 Å². The van der Waals surface area contributed by atoms with Gasteiger partial charge < -0.3 is 0 Å². The molecule has 0 aliphatic rings. The van der Waals surface area contributed by atoms with E-state index in [9.17, 15) is 0 Å². The van der Waals surface area contributed by atoms with Crippen molar-refractivity contribution < 1.29 is 0 Å². The molecule has 0 fully saturated rings. The Morgan fingerprint density at radius 2 is 0.892 bits per heavy atom. The second-order valence-corrected chi connectivity index (χ2v) is 10.9. The molecule has 8 rings (SSSR count). The molecule has 0 aliphatic heterocycles. The fourth-order valence-electron chi connectivity index (χ4n) is 5.67. The number of hydrogen-bond donors (Lipinski definition) is 0. The van der Waals surface area contributed by atoms with E-state index in [-0.39, 0.29) is 0 Å². The molecule has 7 aromatic carbocycles. The molecule has 0 nitrogen and oxygen atoms in total. The first-order valence-electron chi connectivity index (χ1n) is 12.7. The summed E-state index contributed by atoms with van der Waals surface area (Å²) in [7, 11) is 0. The molecule has 172 valence electrons. The van der Waals surface area contributed by atoms with Gasteiger partial charge in [-0.25, -0.2) is 0 Å². The highest BCUT2D eigenvalue weighted by molar-refractivity contribution is 7.26. The van der Waals surface area contributed by atoms with Gasteiger partial charge in [-0.3, -0.25) is 0 Å². The monoisotopic (exact) mass is 486 g/mol. The standard InChI is InChI=1S/C36H22S/c1-2-7-24-18-27(13-12-23(24)6-1)28-14-15-30-20-31(17-16-29(30)19-28)32-10-5-11-33-34-21-25-8-3-4-9-26(25)22-35(34)37-36(32)33/h1-22H. The Balaban J connectivity index is 1.25. The lowest BCUT2D eigenvalue weighted by atomic mass is 9.96. The van der Waals surface area contributed by atoms with Gasteiger partial charge in [0.15, 0.2) is 0 Å². The molecular formula is C36H22S. The summed E-state index contributed by atoms with van der Waals surface area (Å²) < 4.78 is 2.71. The van der Waals surface area contributed by atoms with Crippen LogP contribution in [0.15, 0.2) is 133 Å². The SMILES string of the molecule is c1ccc2cc(-c3ccc4cc(-c5cccc6c5sc5cc7ccccc7cc56)ccc4c3)ccc2c1. The Labute approximate surface area is 219 Å². The van der Waals surface area contributed by atoms with E-state index in [1.807, 2.05) is 11.3 Å². The van der Waals surface area contributed by atoms with Crippen LogP contribution in [0.5, 0.6) is 0 Å². The molecule has 0 aliphatic carbocycles. The molecule has 0 unspecified atom stereocenters. The van der Waals surface area contributed by atoms with Crippen molar-refractivity contribution in [2.24, 2.45) is 0 Å². The molecule has 0 spiro atoms. The number of benzene rings is 7. The van der Waals surface area contributed by atoms with Crippen LogP contribution in [-0.4, -0.2) is 0 Å². The first kappa shape index (κ1) is 20.7. The van der Waals surface area contributed by atoms with Crippen molar-refractivity contribution in [3.63, 3.8) is 0 Å². The fourth-order valence-corrected chi connectivity index (χ4v) is 6.94. The summed E-state index contributed by atoms with van der Waals surface area (Å²) in [5, 5.41) is 10.4. The summed E-state index contributed by atoms with van der Waals surface area (Å²) in [6.45, 7) is 0. The van der Waals surface area contributed by atoms with Gasteiger partial charge in [-0.05, 0) is 84.9 Å². The average molecular weight is 487 g/mol. The maximum absolute atomic E-state index is 2.35. The van der Waals surface area contributed by atoms with Crippen LogP contribution >= 0.6 is 11.3 Å². The van der Waals surface area contributed by atoms with Gasteiger partial charge in [-0.1, -0.05) is 103 Å². The Morgan fingerprint density at radius 3 is 1.62 bits per heavy atom. The first-order chi connectivity index (χ1) is 18.3. The quantitative estimate of drug-likeness (QED) is 0.228. The van der Waals surface area contributed by atoms with E-state index >= 15 is 0 Å². The van der Waals surface area contributed by atoms with Crippen molar-refractivity contribution in [2.75, 3.05) is 0 Å². The minimum Gasteiger partial charge on any atom is -0.135 e. The summed E-state index contributed by atoms with van der Waals surface area (Å²) in [6, 6.07) is 49.1. The van der Waals surface area contributed by atoms with Crippen LogP contribution in [0.25, 0.3) is 74.7 Å². The highest BCUT2D eigenvalue weighted by atomic mass is 32.1. The summed E-state index contributed by atoms with van der Waals surface area (Å²) in [5.41, 5.74) is 5.09. The van der Waals surface area contributed by atoms with E-state index < -0.39 is 0 Å². The van der Waals surface area contributed by atoms with Crippen LogP contribution in [0.1, 0.15) is 0 Å². The van der Waals surface area contributed by atoms with E-state index in [0.717, 1.165) is 0 Å². The van der Waals surface area contributed by atoms with Crippen molar-refractivity contribution in [1.82, 2.24) is 0 Å². The molecule has 8 aromatic rings. The van der Waals surface area contributed by atoms with Crippen molar-refractivity contribution in [3.8, 4) is 22.3 Å². The molecule has 0 saturated carbocycles. The van der Waals surface area contributed by atoms with E-state index in [2.05, 4.69) is 133 Å². The fraction of sp³-hybridized carbons (Fsp3) is 0. The molecule has 1 heteroatoms. The molecule has 0 saturated heterocycles. The molecule has 0 radical (unpaired) electrons. The van der Waals surface area contributed by atoms with Gasteiger partial charge in [0.1, 0.15) is 0 Å². The zero-order chi connectivity index (χ0) is 24.3. The van der Waals surface area contributed by atoms with Crippen LogP contribution in [0, 0.1) is 0 Å². The molecular weight excluding hydrogens is 464 g/mol. The first-order valence-corrected chi connectivity index (χ1v) is 13.5. The van der Waals surface area contributed by atoms with Gasteiger partial charge in [0.25, 0.3) is 0 Å². The number of hydrogen-bond acceptors (Lipinski definition) is 1. The van der Waals surface area contributed by atoms with Crippen LogP contribution in [-0.2, 0) is 0 Å². The van der Waals surface area contributed by atoms with Gasteiger partial charge in [-0.2, -0.15) is 0 Å². The van der Waals surface area contributed by atoms with Crippen molar-refractivity contribution in [2.45, 2.75) is 0 Å². The molecule has 0 bridgehead atoms. The highest BCUT2D eigenvalue weighted by Crippen LogP contribution is 2.42. The minimum atomic E-state index is 1.25. The van der Waals surface area contributed by atoms with Gasteiger partial charge in [0, 0.05) is 20.2 Å². The second kappa shape index (κ2) is 8.03. The molecule has 0 atom stereocenters. The maximum Gasteiger partial charge on any atom is 0.0433 e. The molecule has 1 heterocycles. The average Bonchev–Trinajstić information content (AvgIpc) is 3.32. The summed E-state index contributed by atoms with van der Waals surface area (Å²) in [6.07, 6.45) is 0. The van der Waals surface area contributed by atoms with Gasteiger partial charge in [-0.15, -0.1) is 11.3 Å². The van der Waals surface area contributed by atoms with E-state index in [0.29, 0.717) is 0 Å². The Morgan fingerprint density at radius 1 is 0.351 bits per heavy atom. The van der Waals surface area contributed by atoms with Crippen molar-refractivity contribution in [1.29, 1.82) is 0 Å². The lowest BCUT2D eigenvalue weighted by Crippen LogP contribution is -1.83. The van der Waals surface area contributed by atoms with E-state index in [1.165, 1.54) is 74.7 Å². The summed E-state index contributed by atoms with van der Waals surface area (Å²) >= 11 is 1.90. The Hall–Kier alpha value is -4.46. The lowest BCUT2D eigenvalue weighted by molar-refractivity contribution is 1.66. The zero-order valence-corrected chi connectivity index (χ0v) is 20.9. The third-order valence-corrected chi connectivity index (χ3v) is 8.80. The predicted molar refractivity (Wildman–Crippen MR) is 163 cm³/mol. The van der Waals surface area contributed by atoms with Gasteiger partial charge in [0.2, 0.25) is 0 Å². The molecule has 0 amide bonds. The maximum atomic E-state index is 2.35. The van der Waals surface area contributed by atoms with Crippen LogP contribution in [0.3, 0.4) is 0 Å². The Kier molecular flexibility index (Phi) is 4.49. The number of fused-ring (bicyclic) bond motifs is 6. The van der Waals surface area contributed by atoms with Crippen LogP contribution < -0.4 is 0 Å². The van der Waals surface area contributed by atoms with Crippen LogP contribution in [0.4, 0.5) is 0 Å². The minimum absolute atomic E-state index is 1.25. The largest absolute Gasteiger partial charge is 0.135 e. The van der Waals surface area contributed by atoms with Crippen LogP contribution in [0.2, 0.25) is 0 Å². The second-order valence-electron chi connectivity index (χ2n) is 9.82. The van der Waals surface area contributed by atoms with E-state index in [1.54, 1.807) is 0 Å². The van der Waals surface area contributed by atoms with Crippen molar-refractivity contribution in [3.05, 3.63) is 133 Å². The third kappa shape index (κ3) is 3.36. The highest BCUT2D eigenvalue weighted by Gasteiger charge is 2.12. The normalized spacial score (nSPS) is 11.8. The summed E-state index contributed by atoms with van der Waals surface area (Å²) in [5.74, 6) is 0. The lowest BCUT2D eigenvalue weighted by Gasteiger charge is -2.09. The van der Waals surface area contributed by atoms with E-state index in [4.69, 9.17) is 0 Å². The molecule has 1 aromatic heterocycles. The zero-order valence-electron chi connectivity index (χ0n) is 20.1. The predicted octanol–water partition coefficient (Wildman–Crippen LogP) is 10.8. The molecule has 37 heavy (non-hydrogen) atoms. The molecule has 0 N–H and O–H groups in total. The number of rotatable bonds is 2. The Bertz CT molecular complexity index is 2140. The van der Waals surface area contributed by atoms with Gasteiger partial charge >= 0.3 is 0 Å². The smallest absolute Gasteiger partial charge is 0.0433 e.